The summed E-state index contributed by atoms with van der Waals surface area (Å²) < 4.78 is 41.8. The fourth-order valence-electron chi connectivity index (χ4n) is 3.18. The SMILES string of the molecule is Cc1cc(C(F)(F)F)nn1-c1ccc(Cn2c(CNC=O)nc3cnc(Cl)nc32)cc1. The number of carbonyl (C=O) groups is 1. The summed E-state index contributed by atoms with van der Waals surface area (Å²) in [4.78, 5) is 23.3. The monoisotopic (exact) mass is 449 g/mol. The summed E-state index contributed by atoms with van der Waals surface area (Å²) in [7, 11) is 0. The van der Waals surface area contributed by atoms with Crippen LogP contribution in [-0.4, -0.2) is 35.7 Å². The van der Waals surface area contributed by atoms with Crippen LogP contribution in [-0.2, 0) is 24.1 Å². The van der Waals surface area contributed by atoms with Crippen molar-refractivity contribution in [3.05, 3.63) is 64.6 Å². The van der Waals surface area contributed by atoms with Gasteiger partial charge in [-0.3, -0.25) is 4.79 Å². The van der Waals surface area contributed by atoms with E-state index in [-0.39, 0.29) is 11.8 Å². The maximum atomic E-state index is 12.9. The second kappa shape index (κ2) is 7.99. The van der Waals surface area contributed by atoms with Crippen LogP contribution in [0, 0.1) is 6.92 Å². The number of aryl methyl sites for hydroxylation is 1. The minimum Gasteiger partial charge on any atom is -0.351 e. The number of amides is 1. The van der Waals surface area contributed by atoms with Crippen molar-refractivity contribution in [1.29, 1.82) is 0 Å². The van der Waals surface area contributed by atoms with Gasteiger partial charge >= 0.3 is 6.18 Å². The highest BCUT2D eigenvalue weighted by molar-refractivity contribution is 6.28. The zero-order valence-electron chi connectivity index (χ0n) is 16.1. The van der Waals surface area contributed by atoms with Crippen molar-refractivity contribution < 1.29 is 18.0 Å². The van der Waals surface area contributed by atoms with Crippen LogP contribution in [0.15, 0.2) is 36.5 Å². The second-order valence-electron chi connectivity index (χ2n) is 6.71. The van der Waals surface area contributed by atoms with E-state index in [1.165, 1.54) is 10.9 Å². The van der Waals surface area contributed by atoms with Crippen molar-refractivity contribution in [2.24, 2.45) is 0 Å². The molecule has 4 rings (SSSR count). The Hall–Kier alpha value is -3.47. The molecule has 0 saturated heterocycles. The predicted octanol–water partition coefficient (Wildman–Crippen LogP) is 3.29. The maximum Gasteiger partial charge on any atom is 0.435 e. The minimum absolute atomic E-state index is 0.0634. The first-order chi connectivity index (χ1) is 14.8. The summed E-state index contributed by atoms with van der Waals surface area (Å²) >= 11 is 5.92. The van der Waals surface area contributed by atoms with Crippen LogP contribution < -0.4 is 5.32 Å². The standard InChI is InChI=1S/C19H15ClF3N7O/c1-11-6-15(19(21,22)23)28-30(11)13-4-2-12(3-5-13)9-29-16(8-24-10-31)26-14-7-25-18(20)27-17(14)29/h2-7,10H,8-9H2,1H3,(H,24,31). The molecule has 0 aliphatic heterocycles. The Labute approximate surface area is 178 Å². The van der Waals surface area contributed by atoms with E-state index in [4.69, 9.17) is 11.6 Å². The summed E-state index contributed by atoms with van der Waals surface area (Å²) in [6.45, 7) is 2.09. The molecule has 0 bridgehead atoms. The van der Waals surface area contributed by atoms with Gasteiger partial charge in [0.1, 0.15) is 11.3 Å². The summed E-state index contributed by atoms with van der Waals surface area (Å²) in [6.07, 6.45) is -2.44. The predicted molar refractivity (Wildman–Crippen MR) is 106 cm³/mol. The third-order valence-electron chi connectivity index (χ3n) is 4.58. The van der Waals surface area contributed by atoms with Crippen molar-refractivity contribution in [3.8, 4) is 5.69 Å². The van der Waals surface area contributed by atoms with Gasteiger partial charge in [-0.15, -0.1) is 0 Å². The van der Waals surface area contributed by atoms with E-state index < -0.39 is 11.9 Å². The lowest BCUT2D eigenvalue weighted by molar-refractivity contribution is -0.141. The number of alkyl halides is 3. The second-order valence-corrected chi connectivity index (χ2v) is 7.05. The summed E-state index contributed by atoms with van der Waals surface area (Å²) in [5.41, 5.74) is 1.80. The van der Waals surface area contributed by atoms with Crippen LogP contribution in [0.4, 0.5) is 13.2 Å². The van der Waals surface area contributed by atoms with E-state index in [1.54, 1.807) is 35.8 Å². The van der Waals surface area contributed by atoms with Gasteiger partial charge in [0.2, 0.25) is 11.7 Å². The number of carbonyl (C=O) groups excluding carboxylic acids is 1. The van der Waals surface area contributed by atoms with Gasteiger partial charge in [0, 0.05) is 5.69 Å². The molecule has 4 aromatic rings. The summed E-state index contributed by atoms with van der Waals surface area (Å²) in [6, 6.07) is 7.91. The molecule has 0 atom stereocenters. The number of nitrogens with one attached hydrogen (secondary N) is 1. The van der Waals surface area contributed by atoms with E-state index in [2.05, 4.69) is 25.4 Å². The highest BCUT2D eigenvalue weighted by atomic mass is 35.5. The van der Waals surface area contributed by atoms with Gasteiger partial charge in [0.05, 0.1) is 25.0 Å². The van der Waals surface area contributed by atoms with E-state index in [1.807, 2.05) is 0 Å². The molecule has 8 nitrogen and oxygen atoms in total. The zero-order chi connectivity index (χ0) is 22.2. The number of rotatable bonds is 6. The lowest BCUT2D eigenvalue weighted by Crippen LogP contribution is -2.16. The number of aromatic nitrogens is 6. The van der Waals surface area contributed by atoms with E-state index >= 15 is 0 Å². The van der Waals surface area contributed by atoms with Gasteiger partial charge in [-0.25, -0.2) is 14.6 Å². The average Bonchev–Trinajstić information content (AvgIpc) is 3.28. The smallest absolute Gasteiger partial charge is 0.351 e. The average molecular weight is 450 g/mol. The lowest BCUT2D eigenvalue weighted by atomic mass is 10.2. The van der Waals surface area contributed by atoms with Crippen molar-refractivity contribution in [1.82, 2.24) is 34.6 Å². The molecule has 1 amide bonds. The van der Waals surface area contributed by atoms with E-state index in [9.17, 15) is 18.0 Å². The van der Waals surface area contributed by atoms with Crippen LogP contribution in [0.3, 0.4) is 0 Å². The van der Waals surface area contributed by atoms with Gasteiger partial charge in [0.15, 0.2) is 11.3 Å². The molecule has 0 spiro atoms. The van der Waals surface area contributed by atoms with E-state index in [0.717, 1.165) is 11.6 Å². The fourth-order valence-corrected chi connectivity index (χ4v) is 3.31. The number of imidazole rings is 1. The Balaban J connectivity index is 1.65. The van der Waals surface area contributed by atoms with Crippen LogP contribution in [0.25, 0.3) is 16.9 Å². The first kappa shape index (κ1) is 20.8. The van der Waals surface area contributed by atoms with Crippen molar-refractivity contribution in [3.63, 3.8) is 0 Å². The molecule has 0 aliphatic rings. The van der Waals surface area contributed by atoms with Crippen molar-refractivity contribution in [2.45, 2.75) is 26.2 Å². The maximum absolute atomic E-state index is 12.9. The van der Waals surface area contributed by atoms with Crippen LogP contribution in [0.2, 0.25) is 5.28 Å². The summed E-state index contributed by atoms with van der Waals surface area (Å²) in [5.74, 6) is 0.556. The van der Waals surface area contributed by atoms with Gasteiger partial charge < -0.3 is 9.88 Å². The van der Waals surface area contributed by atoms with Crippen LogP contribution >= 0.6 is 11.6 Å². The topological polar surface area (TPSA) is 90.5 Å². The molecule has 12 heteroatoms. The highest BCUT2D eigenvalue weighted by Crippen LogP contribution is 2.29. The molecular formula is C19H15ClF3N7O. The molecule has 160 valence electrons. The molecule has 0 aliphatic carbocycles. The normalized spacial score (nSPS) is 11.8. The quantitative estimate of drug-likeness (QED) is 0.360. The minimum atomic E-state index is -4.51. The molecule has 3 aromatic heterocycles. The third kappa shape index (κ3) is 4.22. The Morgan fingerprint density at radius 2 is 1.94 bits per heavy atom. The molecule has 1 aromatic carbocycles. The van der Waals surface area contributed by atoms with Gasteiger partial charge in [-0.05, 0) is 42.3 Å². The number of nitrogens with zero attached hydrogens (tertiary/aromatic N) is 6. The number of hydrogen-bond donors (Lipinski definition) is 1. The molecule has 0 radical (unpaired) electrons. The van der Waals surface area contributed by atoms with Gasteiger partial charge in [-0.1, -0.05) is 12.1 Å². The molecule has 31 heavy (non-hydrogen) atoms. The molecule has 0 saturated carbocycles. The number of benzene rings is 1. The first-order valence-corrected chi connectivity index (χ1v) is 9.42. The highest BCUT2D eigenvalue weighted by Gasteiger charge is 2.34. The van der Waals surface area contributed by atoms with Crippen molar-refractivity contribution in [2.75, 3.05) is 0 Å². The van der Waals surface area contributed by atoms with Gasteiger partial charge in [0.25, 0.3) is 0 Å². The lowest BCUT2D eigenvalue weighted by Gasteiger charge is -2.10. The molecule has 3 heterocycles. The molecular weight excluding hydrogens is 435 g/mol. The van der Waals surface area contributed by atoms with Crippen molar-refractivity contribution >= 4 is 29.2 Å². The van der Waals surface area contributed by atoms with E-state index in [0.29, 0.717) is 41.3 Å². The van der Waals surface area contributed by atoms with Crippen LogP contribution in [0.1, 0.15) is 22.8 Å². The summed E-state index contributed by atoms with van der Waals surface area (Å²) in [5, 5.41) is 6.29. The molecule has 0 unspecified atom stereocenters. The Bertz CT molecular complexity index is 1250. The number of hydrogen-bond acceptors (Lipinski definition) is 5. The Morgan fingerprint density at radius 1 is 1.19 bits per heavy atom. The Kier molecular flexibility index (Phi) is 5.36. The fraction of sp³-hybridized carbons (Fsp3) is 0.211. The Morgan fingerprint density at radius 3 is 2.58 bits per heavy atom. The largest absolute Gasteiger partial charge is 0.435 e. The number of halogens is 4. The van der Waals surface area contributed by atoms with Gasteiger partial charge in [-0.2, -0.15) is 23.3 Å². The third-order valence-corrected chi connectivity index (χ3v) is 4.76. The molecule has 1 N–H and O–H groups in total. The number of fused-ring (bicyclic) bond motifs is 1. The molecule has 0 fully saturated rings. The first-order valence-electron chi connectivity index (χ1n) is 9.04. The zero-order valence-corrected chi connectivity index (χ0v) is 16.8. The van der Waals surface area contributed by atoms with Crippen LogP contribution in [0.5, 0.6) is 0 Å².